The first-order chi connectivity index (χ1) is 5.53. The molecule has 2 aliphatic rings. The third kappa shape index (κ3) is 0.869. The summed E-state index contributed by atoms with van der Waals surface area (Å²) in [6.07, 6.45) is 2.42. The van der Waals surface area contributed by atoms with Crippen LogP contribution in [0.25, 0.3) is 0 Å². The first-order valence-corrected chi connectivity index (χ1v) is 4.56. The molecule has 0 saturated heterocycles. The van der Waals surface area contributed by atoms with Crippen LogP contribution >= 0.6 is 0 Å². The van der Waals surface area contributed by atoms with Crippen molar-refractivity contribution in [2.45, 2.75) is 33.1 Å². The summed E-state index contributed by atoms with van der Waals surface area (Å²) in [6.45, 7) is 3.74. The van der Waals surface area contributed by atoms with E-state index >= 15 is 0 Å². The van der Waals surface area contributed by atoms with Gasteiger partial charge in [-0.2, -0.15) is 0 Å². The van der Waals surface area contributed by atoms with E-state index in [1.54, 1.807) is 6.92 Å². The molecule has 0 amide bonds. The van der Waals surface area contributed by atoms with E-state index in [2.05, 4.69) is 6.92 Å². The monoisotopic (exact) mass is 166 g/mol. The van der Waals surface area contributed by atoms with Crippen LogP contribution in [0.4, 0.5) is 0 Å². The molecule has 2 heteroatoms. The zero-order chi connectivity index (χ0) is 8.93. The van der Waals surface area contributed by atoms with Gasteiger partial charge in [-0.25, -0.2) is 0 Å². The average Bonchev–Trinajstić information content (AvgIpc) is 2.38. The second-order valence-electron chi connectivity index (χ2n) is 4.60. The molecule has 0 aliphatic heterocycles. The molecule has 2 fully saturated rings. The highest BCUT2D eigenvalue weighted by atomic mass is 16.1. The Morgan fingerprint density at radius 3 is 2.58 bits per heavy atom. The van der Waals surface area contributed by atoms with Crippen molar-refractivity contribution in [1.82, 2.24) is 0 Å². The predicted octanol–water partition coefficient (Wildman–Crippen LogP) is 1.58. The van der Waals surface area contributed by atoms with E-state index in [0.29, 0.717) is 12.2 Å². The third-order valence-corrected chi connectivity index (χ3v) is 3.60. The summed E-state index contributed by atoms with van der Waals surface area (Å²) in [6, 6.07) is 0. The molecule has 0 aromatic rings. The van der Waals surface area contributed by atoms with Gasteiger partial charge in [0.25, 0.3) is 0 Å². The van der Waals surface area contributed by atoms with Gasteiger partial charge < -0.3 is 0 Å². The highest BCUT2D eigenvalue weighted by Gasteiger charge is 2.54. The minimum Gasteiger partial charge on any atom is -0.300 e. The van der Waals surface area contributed by atoms with Crippen molar-refractivity contribution in [3.05, 3.63) is 0 Å². The van der Waals surface area contributed by atoms with Gasteiger partial charge in [-0.1, -0.05) is 6.92 Å². The van der Waals surface area contributed by atoms with Crippen LogP contribution in [0, 0.1) is 17.3 Å². The van der Waals surface area contributed by atoms with Crippen LogP contribution in [0.15, 0.2) is 0 Å². The van der Waals surface area contributed by atoms with Crippen LogP contribution in [-0.4, -0.2) is 11.6 Å². The Kier molecular flexibility index (Phi) is 1.45. The van der Waals surface area contributed by atoms with Crippen LogP contribution in [-0.2, 0) is 9.59 Å². The first-order valence-electron chi connectivity index (χ1n) is 4.56. The normalized spacial score (nSPS) is 45.3. The van der Waals surface area contributed by atoms with Gasteiger partial charge in [0.2, 0.25) is 0 Å². The van der Waals surface area contributed by atoms with Crippen LogP contribution in [0.1, 0.15) is 33.1 Å². The molecule has 3 atom stereocenters. The number of carbonyl (C=O) groups is 2. The van der Waals surface area contributed by atoms with Crippen LogP contribution in [0.2, 0.25) is 0 Å². The molecule has 2 rings (SSSR count). The topological polar surface area (TPSA) is 34.1 Å². The molecule has 66 valence electrons. The van der Waals surface area contributed by atoms with Crippen molar-refractivity contribution in [3.8, 4) is 0 Å². The largest absolute Gasteiger partial charge is 0.300 e. The Labute approximate surface area is 72.3 Å². The summed E-state index contributed by atoms with van der Waals surface area (Å²) in [5.41, 5.74) is 0.0214. The molecule has 0 unspecified atom stereocenters. The SMILES string of the molecule is CC(=O)[C@@H]1C[C@@H]2C[C@@]1(C)CC2=O. The fourth-order valence-corrected chi connectivity index (χ4v) is 3.00. The summed E-state index contributed by atoms with van der Waals surface area (Å²) in [7, 11) is 0. The number of Topliss-reactive ketones (excluding diaryl/α,β-unsaturated/α-hetero) is 2. The highest BCUT2D eigenvalue weighted by Crippen LogP contribution is 2.55. The molecule has 0 aromatic heterocycles. The standard InChI is InChI=1S/C10H14O2/c1-6(11)8-3-7-4-10(8,2)5-9(7)12/h7-8H,3-5H2,1-2H3/t7-,8+,10+/m1/s1. The molecule has 0 aromatic carbocycles. The fourth-order valence-electron chi connectivity index (χ4n) is 3.00. The molecule has 0 radical (unpaired) electrons. The maximum absolute atomic E-state index is 11.3. The number of fused-ring (bicyclic) bond motifs is 2. The summed E-state index contributed by atoms with van der Waals surface area (Å²) in [5.74, 6) is 1.03. The summed E-state index contributed by atoms with van der Waals surface area (Å²) >= 11 is 0. The van der Waals surface area contributed by atoms with Crippen molar-refractivity contribution in [2.24, 2.45) is 17.3 Å². The van der Waals surface area contributed by atoms with Gasteiger partial charge in [0, 0.05) is 18.3 Å². The number of hydrogen-bond donors (Lipinski definition) is 0. The van der Waals surface area contributed by atoms with Crippen molar-refractivity contribution in [1.29, 1.82) is 0 Å². The summed E-state index contributed by atoms with van der Waals surface area (Å²) in [5, 5.41) is 0. The molecule has 12 heavy (non-hydrogen) atoms. The second kappa shape index (κ2) is 2.18. The first kappa shape index (κ1) is 7.96. The van der Waals surface area contributed by atoms with Crippen LogP contribution < -0.4 is 0 Å². The van der Waals surface area contributed by atoms with Gasteiger partial charge in [0.15, 0.2) is 0 Å². The minimum atomic E-state index is 0.0214. The van der Waals surface area contributed by atoms with Gasteiger partial charge >= 0.3 is 0 Å². The molecular formula is C10H14O2. The van der Waals surface area contributed by atoms with E-state index in [1.165, 1.54) is 0 Å². The Morgan fingerprint density at radius 2 is 2.25 bits per heavy atom. The lowest BCUT2D eigenvalue weighted by atomic mass is 9.74. The molecule has 0 spiro atoms. The quantitative estimate of drug-likeness (QED) is 0.592. The molecule has 0 heterocycles. The molecular weight excluding hydrogens is 152 g/mol. The minimum absolute atomic E-state index is 0.0214. The van der Waals surface area contributed by atoms with Crippen LogP contribution in [0.5, 0.6) is 0 Å². The van der Waals surface area contributed by atoms with E-state index in [4.69, 9.17) is 0 Å². The zero-order valence-corrected chi connectivity index (χ0v) is 7.59. The van der Waals surface area contributed by atoms with Crippen molar-refractivity contribution in [3.63, 3.8) is 0 Å². The third-order valence-electron chi connectivity index (χ3n) is 3.60. The van der Waals surface area contributed by atoms with E-state index in [9.17, 15) is 9.59 Å². The Balaban J connectivity index is 2.27. The Bertz CT molecular complexity index is 257. The smallest absolute Gasteiger partial charge is 0.136 e. The summed E-state index contributed by atoms with van der Waals surface area (Å²) in [4.78, 5) is 22.5. The van der Waals surface area contributed by atoms with E-state index < -0.39 is 0 Å². The van der Waals surface area contributed by atoms with Crippen molar-refractivity contribution < 1.29 is 9.59 Å². The summed E-state index contributed by atoms with van der Waals surface area (Å²) < 4.78 is 0. The lowest BCUT2D eigenvalue weighted by Crippen LogP contribution is -2.30. The lowest BCUT2D eigenvalue weighted by Gasteiger charge is -2.28. The van der Waals surface area contributed by atoms with E-state index in [0.717, 1.165) is 12.8 Å². The second-order valence-corrected chi connectivity index (χ2v) is 4.60. The maximum Gasteiger partial charge on any atom is 0.136 e. The molecule has 2 aliphatic carbocycles. The van der Waals surface area contributed by atoms with Gasteiger partial charge in [0.1, 0.15) is 11.6 Å². The van der Waals surface area contributed by atoms with E-state index in [-0.39, 0.29) is 23.0 Å². The van der Waals surface area contributed by atoms with E-state index in [1.807, 2.05) is 0 Å². The van der Waals surface area contributed by atoms with Gasteiger partial charge in [-0.05, 0) is 25.2 Å². The zero-order valence-electron chi connectivity index (χ0n) is 7.59. The molecule has 2 bridgehead atoms. The number of rotatable bonds is 1. The van der Waals surface area contributed by atoms with Gasteiger partial charge in [0.05, 0.1) is 0 Å². The van der Waals surface area contributed by atoms with Crippen molar-refractivity contribution in [2.75, 3.05) is 0 Å². The molecule has 2 nitrogen and oxygen atoms in total. The molecule has 2 saturated carbocycles. The predicted molar refractivity (Wildman–Crippen MR) is 44.6 cm³/mol. The van der Waals surface area contributed by atoms with Crippen LogP contribution in [0.3, 0.4) is 0 Å². The lowest BCUT2D eigenvalue weighted by molar-refractivity contribution is -0.128. The maximum atomic E-state index is 11.3. The Hall–Kier alpha value is -0.660. The fraction of sp³-hybridized carbons (Fsp3) is 0.800. The number of carbonyl (C=O) groups excluding carboxylic acids is 2. The highest BCUT2D eigenvalue weighted by molar-refractivity contribution is 5.90. The Morgan fingerprint density at radius 1 is 1.58 bits per heavy atom. The molecule has 0 N–H and O–H groups in total. The average molecular weight is 166 g/mol. The number of ketones is 2. The van der Waals surface area contributed by atoms with Crippen molar-refractivity contribution >= 4 is 11.6 Å². The van der Waals surface area contributed by atoms with Gasteiger partial charge in [-0.3, -0.25) is 9.59 Å². The van der Waals surface area contributed by atoms with Gasteiger partial charge in [-0.15, -0.1) is 0 Å². The number of hydrogen-bond acceptors (Lipinski definition) is 2.